The average molecular weight is 343 g/mol. The Kier molecular flexibility index (Phi) is 3.43. The van der Waals surface area contributed by atoms with Crippen LogP contribution in [0.3, 0.4) is 0 Å². The van der Waals surface area contributed by atoms with E-state index in [-0.39, 0.29) is 0 Å². The van der Waals surface area contributed by atoms with E-state index in [2.05, 4.69) is 36.1 Å². The van der Waals surface area contributed by atoms with Crippen LogP contribution < -0.4 is 4.90 Å². The Hall–Kier alpha value is -1.13. The summed E-state index contributed by atoms with van der Waals surface area (Å²) in [6.07, 6.45) is 5.89. The molecule has 2 aromatic rings. The first-order valence-corrected chi connectivity index (χ1v) is 10.4. The lowest BCUT2D eigenvalue weighted by Gasteiger charge is -2.43. The van der Waals surface area contributed by atoms with Crippen molar-refractivity contribution in [3.63, 3.8) is 0 Å². The SMILES string of the molecule is CC12CCCCC1C[N+]1(CCN(c3nsc4ccccc34)CC1)C2. The quantitative estimate of drug-likeness (QED) is 0.724. The highest BCUT2D eigenvalue weighted by atomic mass is 32.1. The highest BCUT2D eigenvalue weighted by Crippen LogP contribution is 2.49. The second-order valence-electron chi connectivity index (χ2n) is 8.72. The van der Waals surface area contributed by atoms with Crippen molar-refractivity contribution in [2.45, 2.75) is 32.6 Å². The number of benzene rings is 1. The van der Waals surface area contributed by atoms with Gasteiger partial charge in [0, 0.05) is 16.7 Å². The zero-order valence-electron chi connectivity index (χ0n) is 14.7. The van der Waals surface area contributed by atoms with E-state index in [0.29, 0.717) is 5.41 Å². The average Bonchev–Trinajstić information content (AvgIpc) is 3.14. The molecule has 4 heteroatoms. The molecule has 0 bridgehead atoms. The van der Waals surface area contributed by atoms with Gasteiger partial charge in [0.1, 0.15) is 0 Å². The highest BCUT2D eigenvalue weighted by molar-refractivity contribution is 7.13. The summed E-state index contributed by atoms with van der Waals surface area (Å²) in [5, 5.41) is 1.35. The van der Waals surface area contributed by atoms with E-state index in [9.17, 15) is 0 Å². The summed E-state index contributed by atoms with van der Waals surface area (Å²) < 4.78 is 7.49. The third kappa shape index (κ3) is 2.30. The number of nitrogens with zero attached hydrogens (tertiary/aromatic N) is 3. The Bertz CT molecular complexity index is 746. The van der Waals surface area contributed by atoms with Gasteiger partial charge in [0.2, 0.25) is 0 Å². The van der Waals surface area contributed by atoms with Crippen molar-refractivity contribution in [2.24, 2.45) is 11.3 Å². The van der Waals surface area contributed by atoms with Gasteiger partial charge in [-0.2, -0.15) is 4.37 Å². The summed E-state index contributed by atoms with van der Waals surface area (Å²) in [5.41, 5.74) is 0.633. The van der Waals surface area contributed by atoms with Crippen LogP contribution in [0.1, 0.15) is 32.6 Å². The van der Waals surface area contributed by atoms with Crippen LogP contribution in [-0.4, -0.2) is 48.1 Å². The number of hydrogen-bond acceptors (Lipinski definition) is 3. The predicted molar refractivity (Wildman–Crippen MR) is 102 cm³/mol. The van der Waals surface area contributed by atoms with Crippen LogP contribution in [0.25, 0.3) is 10.1 Å². The van der Waals surface area contributed by atoms with E-state index in [1.807, 2.05) is 0 Å². The third-order valence-corrected chi connectivity index (χ3v) is 8.00. The molecule has 24 heavy (non-hydrogen) atoms. The molecule has 128 valence electrons. The number of hydrogen-bond donors (Lipinski definition) is 0. The largest absolute Gasteiger partial charge is 0.344 e. The van der Waals surface area contributed by atoms with Crippen molar-refractivity contribution in [1.82, 2.24) is 4.37 Å². The molecule has 0 radical (unpaired) electrons. The van der Waals surface area contributed by atoms with Crippen LogP contribution in [0.15, 0.2) is 24.3 Å². The third-order valence-electron chi connectivity index (χ3n) is 7.19. The lowest BCUT2D eigenvalue weighted by Crippen LogP contribution is -2.59. The Morgan fingerprint density at radius 1 is 1.21 bits per heavy atom. The molecule has 2 aliphatic heterocycles. The van der Waals surface area contributed by atoms with Gasteiger partial charge in [0.05, 0.1) is 44.0 Å². The molecular weight excluding hydrogens is 314 g/mol. The van der Waals surface area contributed by atoms with Crippen molar-refractivity contribution >= 4 is 27.4 Å². The number of fused-ring (bicyclic) bond motifs is 2. The fraction of sp³-hybridized carbons (Fsp3) is 0.650. The number of quaternary nitrogens is 1. The molecule has 3 aliphatic rings. The molecule has 3 fully saturated rings. The minimum absolute atomic E-state index is 0.633. The summed E-state index contributed by atoms with van der Waals surface area (Å²) in [7, 11) is 0. The van der Waals surface area contributed by atoms with Crippen LogP contribution in [-0.2, 0) is 0 Å². The Balaban J connectivity index is 1.34. The maximum Gasteiger partial charge on any atom is 0.150 e. The van der Waals surface area contributed by atoms with E-state index >= 15 is 0 Å². The summed E-state index contributed by atoms with van der Waals surface area (Å²) in [4.78, 5) is 2.55. The molecular formula is C20H28N3S+. The zero-order valence-corrected chi connectivity index (χ0v) is 15.5. The molecule has 1 aromatic heterocycles. The first kappa shape index (κ1) is 15.2. The lowest BCUT2D eigenvalue weighted by atomic mass is 9.70. The molecule has 1 aromatic carbocycles. The normalized spacial score (nSPS) is 32.4. The summed E-state index contributed by atoms with van der Waals surface area (Å²) >= 11 is 1.65. The van der Waals surface area contributed by atoms with Crippen LogP contribution >= 0.6 is 11.5 Å². The standard InChI is InChI=1S/C20H28N3S/c1-20-9-5-4-6-16(20)14-23(15-20)12-10-22(11-13-23)19-17-7-2-3-8-18(17)24-21-19/h2-3,7-8,16H,4-6,9-15H2,1H3/q+1. The number of aromatic nitrogens is 1. The Morgan fingerprint density at radius 3 is 2.88 bits per heavy atom. The molecule has 0 amide bonds. The monoisotopic (exact) mass is 342 g/mol. The van der Waals surface area contributed by atoms with Crippen molar-refractivity contribution in [3.05, 3.63) is 24.3 Å². The summed E-state index contributed by atoms with van der Waals surface area (Å²) in [6, 6.07) is 8.69. The van der Waals surface area contributed by atoms with Gasteiger partial charge < -0.3 is 9.38 Å². The molecule has 1 aliphatic carbocycles. The second kappa shape index (κ2) is 5.43. The first-order chi connectivity index (χ1) is 11.7. The van der Waals surface area contributed by atoms with Gasteiger partial charge in [0.15, 0.2) is 5.82 Å². The van der Waals surface area contributed by atoms with Gasteiger partial charge in [-0.3, -0.25) is 0 Å². The Labute approximate surface area is 149 Å². The van der Waals surface area contributed by atoms with Crippen LogP contribution in [0, 0.1) is 11.3 Å². The van der Waals surface area contributed by atoms with Gasteiger partial charge in [-0.15, -0.1) is 0 Å². The highest BCUT2D eigenvalue weighted by Gasteiger charge is 2.54. The molecule has 1 spiro atoms. The number of rotatable bonds is 1. The van der Waals surface area contributed by atoms with E-state index in [4.69, 9.17) is 4.37 Å². The molecule has 2 atom stereocenters. The lowest BCUT2D eigenvalue weighted by molar-refractivity contribution is -0.921. The smallest absolute Gasteiger partial charge is 0.150 e. The van der Waals surface area contributed by atoms with E-state index in [1.165, 1.54) is 85.3 Å². The maximum absolute atomic E-state index is 4.78. The Morgan fingerprint density at radius 2 is 2.04 bits per heavy atom. The molecule has 0 N–H and O–H groups in total. The van der Waals surface area contributed by atoms with Crippen LogP contribution in [0.5, 0.6) is 0 Å². The van der Waals surface area contributed by atoms with Crippen molar-refractivity contribution < 1.29 is 4.48 Å². The van der Waals surface area contributed by atoms with Crippen molar-refractivity contribution in [2.75, 3.05) is 44.2 Å². The van der Waals surface area contributed by atoms with Gasteiger partial charge in [-0.25, -0.2) is 0 Å². The van der Waals surface area contributed by atoms with E-state index in [1.54, 1.807) is 11.5 Å². The second-order valence-corrected chi connectivity index (χ2v) is 9.52. The number of anilines is 1. The summed E-state index contributed by atoms with van der Waals surface area (Å²) in [5.74, 6) is 2.22. The minimum Gasteiger partial charge on any atom is -0.344 e. The molecule has 2 saturated heterocycles. The number of piperazine rings is 1. The van der Waals surface area contributed by atoms with Crippen LogP contribution in [0.4, 0.5) is 5.82 Å². The fourth-order valence-electron chi connectivity index (χ4n) is 5.83. The van der Waals surface area contributed by atoms with Crippen LogP contribution in [0.2, 0.25) is 0 Å². The summed E-state index contributed by atoms with van der Waals surface area (Å²) in [6.45, 7) is 10.5. The predicted octanol–water partition coefficient (Wildman–Crippen LogP) is 4.14. The fourth-order valence-corrected chi connectivity index (χ4v) is 6.63. The molecule has 5 rings (SSSR count). The molecule has 2 unspecified atom stereocenters. The first-order valence-electron chi connectivity index (χ1n) is 9.62. The van der Waals surface area contributed by atoms with Crippen molar-refractivity contribution in [3.8, 4) is 0 Å². The van der Waals surface area contributed by atoms with Crippen molar-refractivity contribution in [1.29, 1.82) is 0 Å². The molecule has 1 saturated carbocycles. The molecule has 3 nitrogen and oxygen atoms in total. The molecule has 3 heterocycles. The van der Waals surface area contributed by atoms with Gasteiger partial charge in [-0.1, -0.05) is 31.9 Å². The van der Waals surface area contributed by atoms with Gasteiger partial charge in [-0.05, 0) is 36.5 Å². The topological polar surface area (TPSA) is 16.1 Å². The van der Waals surface area contributed by atoms with Gasteiger partial charge in [0.25, 0.3) is 0 Å². The minimum atomic E-state index is 0.633. The maximum atomic E-state index is 4.78. The van der Waals surface area contributed by atoms with Gasteiger partial charge >= 0.3 is 0 Å². The van der Waals surface area contributed by atoms with E-state index < -0.39 is 0 Å². The van der Waals surface area contributed by atoms with E-state index in [0.717, 1.165) is 5.92 Å². The zero-order chi connectivity index (χ0) is 16.2.